The number of hydrogen-bond donors (Lipinski definition) is 1. The Kier molecular flexibility index (Phi) is 7.76. The van der Waals surface area contributed by atoms with Crippen LogP contribution in [0.5, 0.6) is 5.75 Å². The summed E-state index contributed by atoms with van der Waals surface area (Å²) in [5.74, 6) is 1.52. The van der Waals surface area contributed by atoms with Crippen LogP contribution in [0.3, 0.4) is 0 Å². The van der Waals surface area contributed by atoms with Crippen molar-refractivity contribution < 1.29 is 9.53 Å². The lowest BCUT2D eigenvalue weighted by Gasteiger charge is -2.15. The Balaban J connectivity index is 1.50. The standard InChI is InChI=1S/C22H25ClN4O2S/c1-15-9-10-18(23)19(13-15)29-16(2)21-25-26-22(27(21)3)30-14-20(28)24-12-11-17-7-5-4-6-8-17/h4-10,13,16H,11-12,14H2,1-3H3,(H,24,28). The summed E-state index contributed by atoms with van der Waals surface area (Å²) in [7, 11) is 1.86. The highest BCUT2D eigenvalue weighted by molar-refractivity contribution is 7.99. The fourth-order valence-corrected chi connectivity index (χ4v) is 3.83. The number of benzene rings is 2. The molecule has 30 heavy (non-hydrogen) atoms. The molecule has 0 bridgehead atoms. The summed E-state index contributed by atoms with van der Waals surface area (Å²) in [6.07, 6.45) is 0.470. The van der Waals surface area contributed by atoms with Crippen molar-refractivity contribution in [2.75, 3.05) is 12.3 Å². The van der Waals surface area contributed by atoms with Crippen LogP contribution in [0.2, 0.25) is 5.02 Å². The van der Waals surface area contributed by atoms with E-state index in [1.165, 1.54) is 17.3 Å². The van der Waals surface area contributed by atoms with E-state index in [1.54, 1.807) is 0 Å². The third kappa shape index (κ3) is 6.00. The van der Waals surface area contributed by atoms with Crippen LogP contribution < -0.4 is 10.1 Å². The first-order valence-electron chi connectivity index (χ1n) is 9.69. The minimum atomic E-state index is -0.337. The van der Waals surface area contributed by atoms with E-state index in [2.05, 4.69) is 27.6 Å². The van der Waals surface area contributed by atoms with Gasteiger partial charge < -0.3 is 14.6 Å². The van der Waals surface area contributed by atoms with Gasteiger partial charge in [0.1, 0.15) is 5.75 Å². The second-order valence-electron chi connectivity index (χ2n) is 6.97. The Morgan fingerprint density at radius 2 is 2.00 bits per heavy atom. The fraction of sp³-hybridized carbons (Fsp3) is 0.318. The number of aryl methyl sites for hydroxylation is 1. The van der Waals surface area contributed by atoms with Gasteiger partial charge in [-0.2, -0.15) is 0 Å². The van der Waals surface area contributed by atoms with Gasteiger partial charge in [-0.05, 0) is 43.5 Å². The summed E-state index contributed by atoms with van der Waals surface area (Å²) in [4.78, 5) is 12.1. The van der Waals surface area contributed by atoms with Gasteiger partial charge in [-0.15, -0.1) is 10.2 Å². The van der Waals surface area contributed by atoms with E-state index in [1.807, 2.05) is 61.9 Å². The average Bonchev–Trinajstić information content (AvgIpc) is 3.10. The molecule has 3 aromatic rings. The highest BCUT2D eigenvalue weighted by atomic mass is 35.5. The Hall–Kier alpha value is -2.51. The molecule has 1 aromatic heterocycles. The number of carbonyl (C=O) groups is 1. The summed E-state index contributed by atoms with van der Waals surface area (Å²) in [6.45, 7) is 4.48. The maximum Gasteiger partial charge on any atom is 0.230 e. The van der Waals surface area contributed by atoms with Gasteiger partial charge in [0.25, 0.3) is 0 Å². The average molecular weight is 445 g/mol. The van der Waals surface area contributed by atoms with Crippen molar-refractivity contribution in [2.45, 2.75) is 31.5 Å². The monoisotopic (exact) mass is 444 g/mol. The molecule has 0 saturated heterocycles. The number of aromatic nitrogens is 3. The zero-order valence-electron chi connectivity index (χ0n) is 17.3. The van der Waals surface area contributed by atoms with Crippen molar-refractivity contribution in [1.29, 1.82) is 0 Å². The van der Waals surface area contributed by atoms with Gasteiger partial charge in [0, 0.05) is 13.6 Å². The van der Waals surface area contributed by atoms with Crippen molar-refractivity contribution in [3.63, 3.8) is 0 Å². The number of carbonyl (C=O) groups excluding carboxylic acids is 1. The van der Waals surface area contributed by atoms with E-state index in [4.69, 9.17) is 16.3 Å². The number of nitrogens with one attached hydrogen (secondary N) is 1. The first kappa shape index (κ1) is 22.2. The number of amides is 1. The second-order valence-corrected chi connectivity index (χ2v) is 8.32. The lowest BCUT2D eigenvalue weighted by atomic mass is 10.1. The van der Waals surface area contributed by atoms with Crippen LogP contribution in [0.15, 0.2) is 53.7 Å². The van der Waals surface area contributed by atoms with E-state index in [9.17, 15) is 4.79 Å². The quantitative estimate of drug-likeness (QED) is 0.496. The molecule has 158 valence electrons. The highest BCUT2D eigenvalue weighted by Crippen LogP contribution is 2.30. The van der Waals surface area contributed by atoms with E-state index in [-0.39, 0.29) is 17.8 Å². The van der Waals surface area contributed by atoms with Gasteiger partial charge in [0.05, 0.1) is 10.8 Å². The molecular weight excluding hydrogens is 420 g/mol. The number of ether oxygens (including phenoxy) is 1. The summed E-state index contributed by atoms with van der Waals surface area (Å²) >= 11 is 7.57. The molecule has 3 rings (SSSR count). The summed E-state index contributed by atoms with van der Waals surface area (Å²) in [5, 5.41) is 12.6. The van der Waals surface area contributed by atoms with Crippen molar-refractivity contribution in [3.05, 3.63) is 70.5 Å². The zero-order chi connectivity index (χ0) is 21.5. The minimum Gasteiger partial charge on any atom is -0.481 e. The molecule has 0 aliphatic heterocycles. The van der Waals surface area contributed by atoms with Crippen molar-refractivity contribution in [2.24, 2.45) is 7.05 Å². The van der Waals surface area contributed by atoms with Gasteiger partial charge in [0.15, 0.2) is 17.1 Å². The molecule has 0 spiro atoms. The van der Waals surface area contributed by atoms with Crippen LogP contribution in [0.4, 0.5) is 0 Å². The predicted octanol–water partition coefficient (Wildman–Crippen LogP) is 4.37. The molecule has 0 fully saturated rings. The van der Waals surface area contributed by atoms with Gasteiger partial charge in [-0.3, -0.25) is 4.79 Å². The summed E-state index contributed by atoms with van der Waals surface area (Å²) in [5.41, 5.74) is 2.26. The number of rotatable bonds is 9. The largest absolute Gasteiger partial charge is 0.481 e. The molecule has 0 radical (unpaired) electrons. The fourth-order valence-electron chi connectivity index (χ4n) is 2.92. The lowest BCUT2D eigenvalue weighted by Crippen LogP contribution is -2.27. The van der Waals surface area contributed by atoms with Crippen LogP contribution in [0.1, 0.15) is 30.0 Å². The van der Waals surface area contributed by atoms with Crippen LogP contribution in [0.25, 0.3) is 0 Å². The van der Waals surface area contributed by atoms with E-state index in [0.29, 0.717) is 28.3 Å². The third-order valence-electron chi connectivity index (χ3n) is 4.53. The molecule has 1 N–H and O–H groups in total. The smallest absolute Gasteiger partial charge is 0.230 e. The first-order chi connectivity index (χ1) is 14.4. The number of hydrogen-bond acceptors (Lipinski definition) is 5. The Morgan fingerprint density at radius 3 is 2.77 bits per heavy atom. The Labute approximate surface area is 186 Å². The van der Waals surface area contributed by atoms with Gasteiger partial charge in [-0.25, -0.2) is 0 Å². The SMILES string of the molecule is Cc1ccc(Cl)c(OC(C)c2nnc(SCC(=O)NCCc3ccccc3)n2C)c1. The minimum absolute atomic E-state index is 0.0312. The molecule has 2 aromatic carbocycles. The van der Waals surface area contributed by atoms with E-state index >= 15 is 0 Å². The molecule has 1 unspecified atom stereocenters. The molecular formula is C22H25ClN4O2S. The second kappa shape index (κ2) is 10.5. The summed E-state index contributed by atoms with van der Waals surface area (Å²) in [6, 6.07) is 15.7. The maximum atomic E-state index is 12.1. The molecule has 1 amide bonds. The zero-order valence-corrected chi connectivity index (χ0v) is 18.8. The normalized spacial score (nSPS) is 11.9. The Bertz CT molecular complexity index is 994. The van der Waals surface area contributed by atoms with Crippen LogP contribution in [-0.4, -0.2) is 33.0 Å². The van der Waals surface area contributed by atoms with Gasteiger partial charge in [-0.1, -0.05) is 59.8 Å². The van der Waals surface area contributed by atoms with Crippen LogP contribution in [0, 0.1) is 6.92 Å². The molecule has 0 aliphatic rings. The molecule has 6 nitrogen and oxygen atoms in total. The molecule has 0 aliphatic carbocycles. The topological polar surface area (TPSA) is 69.0 Å². The third-order valence-corrected chi connectivity index (χ3v) is 5.87. The van der Waals surface area contributed by atoms with Gasteiger partial charge >= 0.3 is 0 Å². The lowest BCUT2D eigenvalue weighted by molar-refractivity contribution is -0.118. The predicted molar refractivity (Wildman–Crippen MR) is 120 cm³/mol. The van der Waals surface area contributed by atoms with Gasteiger partial charge in [0.2, 0.25) is 5.91 Å². The molecule has 1 heterocycles. The molecule has 1 atom stereocenters. The summed E-state index contributed by atoms with van der Waals surface area (Å²) < 4.78 is 7.83. The van der Waals surface area contributed by atoms with Crippen molar-refractivity contribution in [1.82, 2.24) is 20.1 Å². The van der Waals surface area contributed by atoms with Crippen LogP contribution >= 0.6 is 23.4 Å². The number of thioether (sulfide) groups is 1. The Morgan fingerprint density at radius 1 is 1.23 bits per heavy atom. The number of halogens is 1. The van der Waals surface area contributed by atoms with Crippen molar-refractivity contribution in [3.8, 4) is 5.75 Å². The van der Waals surface area contributed by atoms with Crippen LogP contribution in [-0.2, 0) is 18.3 Å². The first-order valence-corrected chi connectivity index (χ1v) is 11.1. The molecule has 8 heteroatoms. The number of nitrogens with zero attached hydrogens (tertiary/aromatic N) is 3. The van der Waals surface area contributed by atoms with Crippen molar-refractivity contribution >= 4 is 29.3 Å². The maximum absolute atomic E-state index is 12.1. The van der Waals surface area contributed by atoms with E-state index < -0.39 is 0 Å². The van der Waals surface area contributed by atoms with E-state index in [0.717, 1.165) is 12.0 Å². The molecule has 0 saturated carbocycles. The highest BCUT2D eigenvalue weighted by Gasteiger charge is 2.19.